The van der Waals surface area contributed by atoms with Crippen LogP contribution in [-0.4, -0.2) is 57.9 Å². The number of carbonyl (C=O) groups excluding carboxylic acids is 3. The summed E-state index contributed by atoms with van der Waals surface area (Å²) in [6, 6.07) is 11.5. The number of nitrogens with two attached hydrogens (primary N) is 1. The summed E-state index contributed by atoms with van der Waals surface area (Å²) >= 11 is 0. The third-order valence-electron chi connectivity index (χ3n) is 5.41. The summed E-state index contributed by atoms with van der Waals surface area (Å²) in [6.45, 7) is 0.129. The number of aromatic nitrogens is 2. The molecule has 3 aromatic rings. The van der Waals surface area contributed by atoms with Crippen LogP contribution in [0.25, 0.3) is 16.6 Å². The summed E-state index contributed by atoms with van der Waals surface area (Å²) in [5.41, 5.74) is 7.10. The fraction of sp³-hybridized carbons (Fsp3) is 0.273. The molecule has 4 rings (SSSR count). The third kappa shape index (κ3) is 5.01. The lowest BCUT2D eigenvalue weighted by atomic mass is 10.1. The second kappa shape index (κ2) is 9.14. The molecule has 178 valence electrons. The van der Waals surface area contributed by atoms with Crippen LogP contribution in [0.5, 0.6) is 0 Å². The van der Waals surface area contributed by atoms with Crippen LogP contribution in [0.2, 0.25) is 0 Å². The van der Waals surface area contributed by atoms with Crippen molar-refractivity contribution < 1.29 is 32.4 Å². The van der Waals surface area contributed by atoms with Gasteiger partial charge in [0.15, 0.2) is 0 Å². The fourth-order valence-corrected chi connectivity index (χ4v) is 3.70. The van der Waals surface area contributed by atoms with E-state index in [-0.39, 0.29) is 30.6 Å². The molecule has 0 atom stereocenters. The largest absolute Gasteiger partial charge is 0.492 e. The van der Waals surface area contributed by atoms with Crippen LogP contribution in [0.4, 0.5) is 13.2 Å². The van der Waals surface area contributed by atoms with E-state index in [1.54, 1.807) is 53.3 Å². The van der Waals surface area contributed by atoms with Crippen molar-refractivity contribution in [3.63, 3.8) is 0 Å². The molecule has 34 heavy (non-hydrogen) atoms. The van der Waals surface area contributed by atoms with Gasteiger partial charge in [-0.05, 0) is 37.1 Å². The zero-order chi connectivity index (χ0) is 24.5. The molecule has 2 aromatic carbocycles. The maximum absolute atomic E-state index is 12.8. The van der Waals surface area contributed by atoms with Crippen LogP contribution in [0, 0.1) is 0 Å². The Morgan fingerprint density at radius 2 is 1.79 bits per heavy atom. The van der Waals surface area contributed by atoms with Gasteiger partial charge in [0.25, 0.3) is 11.8 Å². The molecule has 2 heterocycles. The summed E-state index contributed by atoms with van der Waals surface area (Å²) in [4.78, 5) is 39.7. The molecule has 9 nitrogen and oxygen atoms in total. The van der Waals surface area contributed by atoms with Crippen molar-refractivity contribution in [1.82, 2.24) is 20.2 Å². The van der Waals surface area contributed by atoms with E-state index in [9.17, 15) is 27.6 Å². The maximum Gasteiger partial charge on any atom is 0.492 e. The van der Waals surface area contributed by atoms with Crippen molar-refractivity contribution >= 4 is 28.7 Å². The minimum absolute atomic E-state index is 0.0644. The Morgan fingerprint density at radius 3 is 2.47 bits per heavy atom. The first-order valence-electron chi connectivity index (χ1n) is 10.4. The van der Waals surface area contributed by atoms with Crippen LogP contribution in [0.15, 0.2) is 48.7 Å². The van der Waals surface area contributed by atoms with E-state index >= 15 is 0 Å². The van der Waals surface area contributed by atoms with E-state index in [0.717, 1.165) is 5.06 Å². The van der Waals surface area contributed by atoms with E-state index in [1.807, 2.05) is 0 Å². The van der Waals surface area contributed by atoms with Crippen molar-refractivity contribution in [3.8, 4) is 5.69 Å². The molecule has 0 unspecified atom stereocenters. The lowest BCUT2D eigenvalue weighted by Crippen LogP contribution is -2.46. The van der Waals surface area contributed by atoms with Crippen LogP contribution in [-0.2, 0) is 9.63 Å². The number of carbonyl (C=O) groups is 3. The second-order valence-corrected chi connectivity index (χ2v) is 7.78. The van der Waals surface area contributed by atoms with Gasteiger partial charge in [0.05, 0.1) is 11.3 Å². The molecule has 1 aliphatic rings. The summed E-state index contributed by atoms with van der Waals surface area (Å²) in [5, 5.41) is 8.93. The molecule has 0 saturated carbocycles. The number of rotatable bonds is 5. The number of nitrogens with one attached hydrogen (secondary N) is 1. The number of alkyl halides is 3. The average molecular weight is 475 g/mol. The van der Waals surface area contributed by atoms with Gasteiger partial charge in [-0.3, -0.25) is 9.59 Å². The molecule has 0 radical (unpaired) electrons. The Hall–Kier alpha value is -3.93. The number of hydrogen-bond acceptors (Lipinski definition) is 6. The van der Waals surface area contributed by atoms with Gasteiger partial charge in [0.2, 0.25) is 0 Å². The number of hydrogen-bond donors (Lipinski definition) is 2. The van der Waals surface area contributed by atoms with Crippen molar-refractivity contribution in [2.24, 2.45) is 5.73 Å². The number of halogens is 3. The van der Waals surface area contributed by atoms with Gasteiger partial charge >= 0.3 is 12.1 Å². The molecule has 0 spiro atoms. The summed E-state index contributed by atoms with van der Waals surface area (Å²) in [5.74, 6) is -3.22. The van der Waals surface area contributed by atoms with Gasteiger partial charge in [0, 0.05) is 36.3 Å². The predicted molar refractivity (Wildman–Crippen MR) is 114 cm³/mol. The highest BCUT2D eigenvalue weighted by atomic mass is 19.4. The van der Waals surface area contributed by atoms with Gasteiger partial charge in [-0.2, -0.15) is 18.3 Å². The molecule has 12 heteroatoms. The molecule has 0 bridgehead atoms. The molecule has 0 aliphatic carbocycles. The SMILES string of the molecule is NC(=O)c1cccc2cn(-c3cccc(C(=O)NC4CCN(OC(=O)C(F)(F)F)CC4)c3)nc12. The molecule has 1 aliphatic heterocycles. The van der Waals surface area contributed by atoms with E-state index < -0.39 is 18.1 Å². The average Bonchev–Trinajstić information content (AvgIpc) is 3.24. The molecule has 3 N–H and O–H groups in total. The smallest absolute Gasteiger partial charge is 0.366 e. The van der Waals surface area contributed by atoms with Gasteiger partial charge in [-0.1, -0.05) is 18.2 Å². The number of nitrogens with zero attached hydrogens (tertiary/aromatic N) is 3. The monoisotopic (exact) mass is 475 g/mol. The van der Waals surface area contributed by atoms with Crippen LogP contribution < -0.4 is 11.1 Å². The lowest BCUT2D eigenvalue weighted by Gasteiger charge is -2.31. The standard InChI is InChI=1S/C22H20F3N5O4/c23-22(24,25)21(33)34-29-9-7-15(8-10-29)27-20(32)13-3-1-5-16(11-13)30-12-14-4-2-6-17(19(26)31)18(14)28-30/h1-6,11-12,15H,7-10H2,(H2,26,31)(H,27,32). The molecule has 1 aromatic heterocycles. The minimum Gasteiger partial charge on any atom is -0.366 e. The minimum atomic E-state index is -5.06. The summed E-state index contributed by atoms with van der Waals surface area (Å²) < 4.78 is 38.5. The Kier molecular flexibility index (Phi) is 6.24. The Balaban J connectivity index is 1.41. The first-order valence-corrected chi connectivity index (χ1v) is 10.4. The Labute approximate surface area is 191 Å². The lowest BCUT2D eigenvalue weighted by molar-refractivity contribution is -0.241. The zero-order valence-electron chi connectivity index (χ0n) is 17.7. The fourth-order valence-electron chi connectivity index (χ4n) is 3.70. The van der Waals surface area contributed by atoms with Crippen LogP contribution in [0.3, 0.4) is 0 Å². The number of primary amides is 1. The van der Waals surface area contributed by atoms with Gasteiger partial charge in [-0.15, -0.1) is 5.06 Å². The molecular weight excluding hydrogens is 455 g/mol. The first-order chi connectivity index (χ1) is 16.1. The number of benzene rings is 2. The number of amides is 2. The summed E-state index contributed by atoms with van der Waals surface area (Å²) in [6.07, 6.45) is -2.71. The second-order valence-electron chi connectivity index (χ2n) is 7.78. The highest BCUT2D eigenvalue weighted by molar-refractivity contribution is 6.04. The van der Waals surface area contributed by atoms with Crippen molar-refractivity contribution in [2.45, 2.75) is 25.1 Å². The Morgan fingerprint density at radius 1 is 1.09 bits per heavy atom. The molecule has 1 fully saturated rings. The van der Waals surface area contributed by atoms with Crippen molar-refractivity contribution in [1.29, 1.82) is 0 Å². The highest BCUT2D eigenvalue weighted by Gasteiger charge is 2.43. The van der Waals surface area contributed by atoms with E-state index in [4.69, 9.17) is 5.73 Å². The quantitative estimate of drug-likeness (QED) is 0.585. The number of piperidine rings is 1. The van der Waals surface area contributed by atoms with E-state index in [0.29, 0.717) is 35.0 Å². The number of hydroxylamine groups is 2. The maximum atomic E-state index is 12.8. The number of fused-ring (bicyclic) bond motifs is 1. The normalized spacial score (nSPS) is 15.3. The van der Waals surface area contributed by atoms with Crippen LogP contribution in [0.1, 0.15) is 33.6 Å². The summed E-state index contributed by atoms with van der Waals surface area (Å²) in [7, 11) is 0. The molecule has 1 saturated heterocycles. The first kappa shape index (κ1) is 23.2. The third-order valence-corrected chi connectivity index (χ3v) is 5.41. The Bertz CT molecular complexity index is 1250. The highest BCUT2D eigenvalue weighted by Crippen LogP contribution is 2.21. The molecular formula is C22H20F3N5O4. The topological polar surface area (TPSA) is 120 Å². The van der Waals surface area contributed by atoms with Crippen molar-refractivity contribution in [3.05, 3.63) is 59.8 Å². The van der Waals surface area contributed by atoms with Crippen LogP contribution >= 0.6 is 0 Å². The van der Waals surface area contributed by atoms with Crippen molar-refractivity contribution in [2.75, 3.05) is 13.1 Å². The molecule has 2 amide bonds. The van der Waals surface area contributed by atoms with E-state index in [2.05, 4.69) is 15.3 Å². The van der Waals surface area contributed by atoms with Gasteiger partial charge < -0.3 is 15.9 Å². The van der Waals surface area contributed by atoms with Gasteiger partial charge in [-0.25, -0.2) is 9.48 Å². The van der Waals surface area contributed by atoms with E-state index in [1.165, 1.54) is 0 Å². The zero-order valence-corrected chi connectivity index (χ0v) is 17.7. The predicted octanol–water partition coefficient (Wildman–Crippen LogP) is 2.34. The van der Waals surface area contributed by atoms with Gasteiger partial charge in [0.1, 0.15) is 5.52 Å².